The Hall–Kier alpha value is -3.83. The molecule has 3 fully saturated rings. The maximum Gasteiger partial charge on any atom is 0.329 e. The molecule has 1 aromatic carbocycles. The third-order valence-corrected chi connectivity index (χ3v) is 10.0. The Morgan fingerprint density at radius 2 is 1.74 bits per heavy atom. The number of nitrogens with zero attached hydrogens (tertiary/aromatic N) is 3. The van der Waals surface area contributed by atoms with E-state index in [-0.39, 0.29) is 37.7 Å². The second kappa shape index (κ2) is 14.1. The van der Waals surface area contributed by atoms with Gasteiger partial charge in [-0.15, -0.1) is 0 Å². The van der Waals surface area contributed by atoms with Gasteiger partial charge in [-0.3, -0.25) is 14.4 Å². The predicted molar refractivity (Wildman–Crippen MR) is 170 cm³/mol. The summed E-state index contributed by atoms with van der Waals surface area (Å²) in [6.45, 7) is 7.13. The Kier molecular flexibility index (Phi) is 10.4. The Labute approximate surface area is 275 Å². The number of halogens is 2. The summed E-state index contributed by atoms with van der Waals surface area (Å²) in [4.78, 5) is 60.7. The maximum absolute atomic E-state index is 14.9. The lowest BCUT2D eigenvalue weighted by Crippen LogP contribution is -2.61. The molecule has 1 saturated heterocycles. The van der Waals surface area contributed by atoms with Gasteiger partial charge in [0.05, 0.1) is 6.61 Å². The van der Waals surface area contributed by atoms with Gasteiger partial charge in [-0.2, -0.15) is 0 Å². The van der Waals surface area contributed by atoms with Crippen molar-refractivity contribution in [3.63, 3.8) is 0 Å². The molecule has 5 rings (SSSR count). The number of hydrogen-bond acceptors (Lipinski definition) is 6. The molecular formula is C35H47F2N5O5. The van der Waals surface area contributed by atoms with E-state index in [0.29, 0.717) is 6.54 Å². The number of carbonyl (C=O) groups excluding carboxylic acids is 4. The first kappa shape index (κ1) is 34.5. The molecule has 0 spiro atoms. The predicted octanol–water partition coefficient (Wildman–Crippen LogP) is 4.58. The van der Waals surface area contributed by atoms with Crippen molar-refractivity contribution < 1.29 is 32.7 Å². The number of aromatic nitrogens is 2. The van der Waals surface area contributed by atoms with Crippen LogP contribution < -0.4 is 10.6 Å². The van der Waals surface area contributed by atoms with Crippen LogP contribution in [0.15, 0.2) is 42.7 Å². The lowest BCUT2D eigenvalue weighted by Gasteiger charge is -2.38. The van der Waals surface area contributed by atoms with E-state index in [1.807, 2.05) is 30.3 Å². The van der Waals surface area contributed by atoms with Gasteiger partial charge in [0.2, 0.25) is 11.8 Å². The standard InChI is InChI=1S/C35H47F2N5O5/c1-5-47-33(46)27-24-16-17-35(36,37)25(24)21-42(27)32(45)28(34(2,3)4)40-30(43)26(23-14-10-7-11-15-23)39-31(44)29-38-18-19-41(29)20-22-12-8-6-9-13-22/h6,8-9,12-13,18-19,23-28H,5,7,10-11,14-17,20-21H2,1-4H3,(H,39,44)(H,40,43)/t24-,25-,26-,27-,28?/m0/s1. The average Bonchev–Trinajstić information content (AvgIpc) is 3.74. The number of imidazole rings is 1. The minimum absolute atomic E-state index is 0.0525. The van der Waals surface area contributed by atoms with Crippen molar-refractivity contribution in [3.8, 4) is 0 Å². The molecular weight excluding hydrogens is 608 g/mol. The van der Waals surface area contributed by atoms with E-state index in [1.165, 1.54) is 11.1 Å². The van der Waals surface area contributed by atoms with Crippen LogP contribution in [0.3, 0.4) is 0 Å². The van der Waals surface area contributed by atoms with Crippen LogP contribution in [-0.2, 0) is 25.7 Å². The van der Waals surface area contributed by atoms with Gasteiger partial charge < -0.3 is 24.8 Å². The zero-order chi connectivity index (χ0) is 33.9. The first-order chi connectivity index (χ1) is 22.3. The van der Waals surface area contributed by atoms with Crippen LogP contribution in [-0.4, -0.2) is 75.3 Å². The largest absolute Gasteiger partial charge is 0.464 e. The fraction of sp³-hybridized carbons (Fsp3) is 0.629. The van der Waals surface area contributed by atoms with Crippen LogP contribution in [0, 0.1) is 23.2 Å². The van der Waals surface area contributed by atoms with Crippen LogP contribution in [0.2, 0.25) is 0 Å². The van der Waals surface area contributed by atoms with E-state index < -0.39 is 65.0 Å². The molecule has 12 heteroatoms. The number of alkyl halides is 2. The molecule has 2 heterocycles. The molecule has 2 aliphatic carbocycles. The number of amides is 3. The van der Waals surface area contributed by atoms with E-state index in [4.69, 9.17) is 4.74 Å². The molecule has 2 saturated carbocycles. The highest BCUT2D eigenvalue weighted by Crippen LogP contribution is 2.51. The number of fused-ring (bicyclic) bond motifs is 1. The summed E-state index contributed by atoms with van der Waals surface area (Å²) in [7, 11) is 0. The van der Waals surface area contributed by atoms with Crippen LogP contribution >= 0.6 is 0 Å². The summed E-state index contributed by atoms with van der Waals surface area (Å²) in [5.74, 6) is -7.25. The molecule has 3 amide bonds. The van der Waals surface area contributed by atoms with Gasteiger partial charge in [-0.1, -0.05) is 70.4 Å². The molecule has 1 unspecified atom stereocenters. The summed E-state index contributed by atoms with van der Waals surface area (Å²) < 4.78 is 36.8. The first-order valence-corrected chi connectivity index (χ1v) is 16.8. The zero-order valence-corrected chi connectivity index (χ0v) is 27.7. The highest BCUT2D eigenvalue weighted by molar-refractivity contribution is 5.97. The molecule has 3 aliphatic rings. The van der Waals surface area contributed by atoms with Gasteiger partial charge in [0, 0.05) is 43.7 Å². The van der Waals surface area contributed by atoms with Crippen LogP contribution in [0.1, 0.15) is 88.8 Å². The number of rotatable bonds is 10. The lowest BCUT2D eigenvalue weighted by molar-refractivity contribution is -0.156. The van der Waals surface area contributed by atoms with Crippen LogP contribution in [0.25, 0.3) is 0 Å². The molecule has 256 valence electrons. The fourth-order valence-corrected chi connectivity index (χ4v) is 7.56. The topological polar surface area (TPSA) is 123 Å². The number of ether oxygens (including phenoxy) is 1. The molecule has 1 aromatic heterocycles. The first-order valence-electron chi connectivity index (χ1n) is 16.8. The molecule has 2 N–H and O–H groups in total. The molecule has 2 aromatic rings. The van der Waals surface area contributed by atoms with Crippen molar-refractivity contribution in [2.45, 2.75) is 103 Å². The summed E-state index contributed by atoms with van der Waals surface area (Å²) >= 11 is 0. The Morgan fingerprint density at radius 3 is 2.40 bits per heavy atom. The van der Waals surface area contributed by atoms with Crippen molar-refractivity contribution in [1.82, 2.24) is 25.1 Å². The molecule has 47 heavy (non-hydrogen) atoms. The maximum atomic E-state index is 14.9. The summed E-state index contributed by atoms with van der Waals surface area (Å²) in [5.41, 5.74) is 0.136. The lowest BCUT2D eigenvalue weighted by atomic mass is 9.82. The molecule has 0 bridgehead atoms. The van der Waals surface area contributed by atoms with Crippen molar-refractivity contribution in [2.75, 3.05) is 13.2 Å². The van der Waals surface area contributed by atoms with Crippen molar-refractivity contribution in [2.24, 2.45) is 23.2 Å². The molecule has 0 radical (unpaired) electrons. The van der Waals surface area contributed by atoms with E-state index in [9.17, 15) is 28.0 Å². The van der Waals surface area contributed by atoms with E-state index >= 15 is 0 Å². The monoisotopic (exact) mass is 655 g/mol. The van der Waals surface area contributed by atoms with Gasteiger partial charge in [-0.25, -0.2) is 18.6 Å². The minimum atomic E-state index is -3.01. The summed E-state index contributed by atoms with van der Waals surface area (Å²) in [6, 6.07) is 6.38. The number of hydrogen-bond donors (Lipinski definition) is 2. The Balaban J connectivity index is 1.38. The smallest absolute Gasteiger partial charge is 0.329 e. The van der Waals surface area contributed by atoms with Crippen LogP contribution in [0.4, 0.5) is 8.78 Å². The molecule has 1 aliphatic heterocycles. The highest BCUT2D eigenvalue weighted by atomic mass is 19.3. The van der Waals surface area contributed by atoms with E-state index in [2.05, 4.69) is 15.6 Å². The Morgan fingerprint density at radius 1 is 1.04 bits per heavy atom. The molecule has 10 nitrogen and oxygen atoms in total. The van der Waals surface area contributed by atoms with Crippen molar-refractivity contribution in [3.05, 3.63) is 54.1 Å². The van der Waals surface area contributed by atoms with Crippen molar-refractivity contribution >= 4 is 23.7 Å². The van der Waals surface area contributed by atoms with Crippen molar-refractivity contribution in [1.29, 1.82) is 0 Å². The number of carbonyl (C=O) groups is 4. The van der Waals surface area contributed by atoms with E-state index in [0.717, 1.165) is 37.7 Å². The minimum Gasteiger partial charge on any atom is -0.464 e. The highest BCUT2D eigenvalue weighted by Gasteiger charge is 2.62. The van der Waals surface area contributed by atoms with E-state index in [1.54, 1.807) is 38.5 Å². The SMILES string of the molecule is CCOC(=O)[C@@H]1[C@H]2CCC(F)(F)[C@H]2CN1C(=O)C(NC(=O)[C@@H](NC(=O)c1nccn1Cc1ccccc1)C1CCCCC1)C(C)(C)C. The number of nitrogens with one attached hydrogen (secondary N) is 2. The summed E-state index contributed by atoms with van der Waals surface area (Å²) in [5, 5.41) is 5.84. The van der Waals surface area contributed by atoms with Gasteiger partial charge in [0.25, 0.3) is 11.8 Å². The fourth-order valence-electron chi connectivity index (χ4n) is 7.56. The van der Waals surface area contributed by atoms with Crippen LogP contribution in [0.5, 0.6) is 0 Å². The zero-order valence-electron chi connectivity index (χ0n) is 27.7. The quantitative estimate of drug-likeness (QED) is 0.362. The van der Waals surface area contributed by atoms with Gasteiger partial charge >= 0.3 is 5.97 Å². The van der Waals surface area contributed by atoms with Gasteiger partial charge in [-0.05, 0) is 43.1 Å². The number of likely N-dealkylation sites (tertiary alicyclic amines) is 1. The second-order valence-corrected chi connectivity index (χ2v) is 14.3. The average molecular weight is 656 g/mol. The third-order valence-electron chi connectivity index (χ3n) is 10.0. The van der Waals surface area contributed by atoms with Gasteiger partial charge in [0.15, 0.2) is 5.82 Å². The van der Waals surface area contributed by atoms with Gasteiger partial charge in [0.1, 0.15) is 18.1 Å². The Bertz CT molecular complexity index is 1440. The number of esters is 1. The number of benzene rings is 1. The summed E-state index contributed by atoms with van der Waals surface area (Å²) in [6.07, 6.45) is 7.29. The third kappa shape index (κ3) is 7.51. The second-order valence-electron chi connectivity index (χ2n) is 14.3. The molecule has 5 atom stereocenters. The normalized spacial score (nSPS) is 23.9.